The Morgan fingerprint density at radius 3 is 2.82 bits per heavy atom. The first kappa shape index (κ1) is 17.4. The van der Waals surface area contributed by atoms with E-state index in [2.05, 4.69) is 18.0 Å². The second kappa shape index (κ2) is 8.59. The molecule has 0 radical (unpaired) electrons. The number of thioether (sulfide) groups is 1. The average Bonchev–Trinajstić information content (AvgIpc) is 2.52. The number of unbranched alkanes of at least 4 members (excludes halogenated alkanes) is 2. The van der Waals surface area contributed by atoms with Crippen LogP contribution in [0, 0.1) is 0 Å². The van der Waals surface area contributed by atoms with Gasteiger partial charge in [0.1, 0.15) is 5.75 Å². The number of aliphatic hydroxyl groups excluding tert-OH is 1. The van der Waals surface area contributed by atoms with Crippen molar-refractivity contribution in [3.05, 3.63) is 23.3 Å². The Bertz CT molecular complexity index is 528. The smallest absolute Gasteiger partial charge is 0.126 e. The van der Waals surface area contributed by atoms with E-state index in [-0.39, 0.29) is 6.10 Å². The summed E-state index contributed by atoms with van der Waals surface area (Å²) < 4.78 is 0. The van der Waals surface area contributed by atoms with E-state index in [1.54, 1.807) is 11.8 Å². The van der Waals surface area contributed by atoms with Crippen molar-refractivity contribution in [2.75, 3.05) is 12.3 Å². The van der Waals surface area contributed by atoms with Crippen molar-refractivity contribution < 1.29 is 10.2 Å². The number of aliphatic hydroxyl groups is 1. The zero-order valence-corrected chi connectivity index (χ0v) is 14.5. The summed E-state index contributed by atoms with van der Waals surface area (Å²) in [6.07, 6.45) is 5.81. The van der Waals surface area contributed by atoms with E-state index in [1.807, 2.05) is 13.0 Å². The molecule has 122 valence electrons. The molecule has 3 nitrogen and oxygen atoms in total. The maximum atomic E-state index is 10.4. The number of aliphatic imine (C=N–C) groups is 1. The summed E-state index contributed by atoms with van der Waals surface area (Å²) in [6.45, 7) is 4.58. The number of hydrogen-bond donors (Lipinski definition) is 2. The molecular weight excluding hydrogens is 294 g/mol. The lowest BCUT2D eigenvalue weighted by Gasteiger charge is -2.20. The van der Waals surface area contributed by atoms with Gasteiger partial charge in [-0.05, 0) is 43.4 Å². The number of nitrogens with zero attached hydrogens (tertiary/aromatic N) is 1. The van der Waals surface area contributed by atoms with Crippen LogP contribution >= 0.6 is 11.8 Å². The zero-order chi connectivity index (χ0) is 15.9. The summed E-state index contributed by atoms with van der Waals surface area (Å²) in [6, 6.07) is 4.10. The van der Waals surface area contributed by atoms with Gasteiger partial charge in [-0.25, -0.2) is 0 Å². The van der Waals surface area contributed by atoms with Gasteiger partial charge in [0.05, 0.1) is 18.2 Å². The van der Waals surface area contributed by atoms with Crippen LogP contribution in [0.4, 0.5) is 0 Å². The van der Waals surface area contributed by atoms with E-state index in [0.717, 1.165) is 34.8 Å². The fraction of sp³-hybridized carbons (Fsp3) is 0.611. The van der Waals surface area contributed by atoms with Crippen molar-refractivity contribution in [3.8, 4) is 5.75 Å². The zero-order valence-electron chi connectivity index (χ0n) is 13.6. The van der Waals surface area contributed by atoms with Gasteiger partial charge in [0.15, 0.2) is 0 Å². The Morgan fingerprint density at radius 1 is 1.27 bits per heavy atom. The normalized spacial score (nSPS) is 17.5. The lowest BCUT2D eigenvalue weighted by Crippen LogP contribution is -2.15. The molecule has 1 aromatic rings. The number of aromatic hydroxyl groups is 1. The molecule has 1 unspecified atom stereocenters. The van der Waals surface area contributed by atoms with Crippen molar-refractivity contribution >= 4 is 17.5 Å². The molecule has 2 rings (SSSR count). The molecule has 1 aliphatic rings. The average molecular weight is 321 g/mol. The summed E-state index contributed by atoms with van der Waals surface area (Å²) in [4.78, 5) is 5.70. The van der Waals surface area contributed by atoms with E-state index >= 15 is 0 Å². The van der Waals surface area contributed by atoms with E-state index in [0.29, 0.717) is 18.7 Å². The number of fused-ring (bicyclic) bond motifs is 1. The summed E-state index contributed by atoms with van der Waals surface area (Å²) >= 11 is 1.80. The molecule has 0 aromatic heterocycles. The first-order valence-corrected chi connectivity index (χ1v) is 9.34. The highest BCUT2D eigenvalue weighted by Gasteiger charge is 2.21. The van der Waals surface area contributed by atoms with Crippen LogP contribution in [0.1, 0.15) is 57.1 Å². The second-order valence-electron chi connectivity index (χ2n) is 5.89. The molecule has 0 saturated carbocycles. The summed E-state index contributed by atoms with van der Waals surface area (Å²) in [7, 11) is 0. The third-order valence-corrected chi connectivity index (χ3v) is 5.10. The maximum Gasteiger partial charge on any atom is 0.126 e. The van der Waals surface area contributed by atoms with Crippen LogP contribution in [-0.2, 0) is 6.42 Å². The third-order valence-electron chi connectivity index (χ3n) is 4.06. The molecule has 0 fully saturated rings. The van der Waals surface area contributed by atoms with Gasteiger partial charge in [0.25, 0.3) is 0 Å². The van der Waals surface area contributed by atoms with Gasteiger partial charge in [-0.3, -0.25) is 4.99 Å². The largest absolute Gasteiger partial charge is 0.507 e. The molecule has 0 spiro atoms. The van der Waals surface area contributed by atoms with Gasteiger partial charge in [-0.1, -0.05) is 26.7 Å². The molecule has 0 saturated heterocycles. The Balaban J connectivity index is 2.20. The van der Waals surface area contributed by atoms with Crippen molar-refractivity contribution in [1.82, 2.24) is 0 Å². The molecule has 22 heavy (non-hydrogen) atoms. The van der Waals surface area contributed by atoms with Crippen molar-refractivity contribution in [1.29, 1.82) is 0 Å². The minimum Gasteiger partial charge on any atom is -0.507 e. The molecule has 1 aliphatic heterocycles. The van der Waals surface area contributed by atoms with E-state index in [9.17, 15) is 10.2 Å². The SMILES string of the molecule is CCCCCc1cc(O)c2c(c1)SCCC2=NCC(O)CC. The monoisotopic (exact) mass is 321 g/mol. The molecule has 1 heterocycles. The molecule has 4 heteroatoms. The lowest BCUT2D eigenvalue weighted by atomic mass is 10.0. The Morgan fingerprint density at radius 2 is 2.09 bits per heavy atom. The molecule has 2 N–H and O–H groups in total. The highest BCUT2D eigenvalue weighted by atomic mass is 32.2. The molecule has 1 atom stereocenters. The Labute approximate surface area is 137 Å². The first-order valence-electron chi connectivity index (χ1n) is 8.36. The van der Waals surface area contributed by atoms with Crippen LogP contribution in [0.2, 0.25) is 0 Å². The van der Waals surface area contributed by atoms with E-state index < -0.39 is 0 Å². The fourth-order valence-corrected chi connectivity index (χ4v) is 3.79. The maximum absolute atomic E-state index is 10.4. The Hall–Kier alpha value is -1.00. The minimum atomic E-state index is -0.388. The molecule has 0 amide bonds. The minimum absolute atomic E-state index is 0.348. The molecule has 0 aliphatic carbocycles. The molecule has 1 aromatic carbocycles. The summed E-state index contributed by atoms with van der Waals surface area (Å²) in [5.74, 6) is 1.34. The summed E-state index contributed by atoms with van der Waals surface area (Å²) in [5.41, 5.74) is 3.05. The van der Waals surface area contributed by atoms with Gasteiger partial charge in [-0.2, -0.15) is 0 Å². The van der Waals surface area contributed by atoms with E-state index in [4.69, 9.17) is 0 Å². The van der Waals surface area contributed by atoms with Crippen molar-refractivity contribution in [2.45, 2.75) is 63.4 Å². The quantitative estimate of drug-likeness (QED) is 0.741. The first-order chi connectivity index (χ1) is 10.7. The van der Waals surface area contributed by atoms with Gasteiger partial charge in [0.2, 0.25) is 0 Å². The van der Waals surface area contributed by atoms with Crippen LogP contribution in [0.25, 0.3) is 0 Å². The van der Waals surface area contributed by atoms with Crippen molar-refractivity contribution in [2.24, 2.45) is 4.99 Å². The Kier molecular flexibility index (Phi) is 6.77. The lowest BCUT2D eigenvalue weighted by molar-refractivity contribution is 0.179. The number of phenolic OH excluding ortho intramolecular Hbond substituents is 1. The number of benzene rings is 1. The number of aryl methyl sites for hydroxylation is 1. The highest BCUT2D eigenvalue weighted by molar-refractivity contribution is 7.99. The standard InChI is InChI=1S/C18H27NO2S/c1-3-5-6-7-13-10-16(21)18-15(19-12-14(20)4-2)8-9-22-17(18)11-13/h10-11,14,20-21H,3-9,12H2,1-2H3. The van der Waals surface area contributed by atoms with Gasteiger partial charge >= 0.3 is 0 Å². The highest BCUT2D eigenvalue weighted by Crippen LogP contribution is 2.37. The van der Waals surface area contributed by atoms with Crippen LogP contribution < -0.4 is 0 Å². The molecular formula is C18H27NO2S. The van der Waals surface area contributed by atoms with Gasteiger partial charge in [-0.15, -0.1) is 11.8 Å². The number of rotatable bonds is 7. The second-order valence-corrected chi connectivity index (χ2v) is 7.03. The van der Waals surface area contributed by atoms with Crippen molar-refractivity contribution in [3.63, 3.8) is 0 Å². The van der Waals surface area contributed by atoms with Crippen LogP contribution in [0.15, 0.2) is 22.0 Å². The van der Waals surface area contributed by atoms with Crippen LogP contribution in [0.5, 0.6) is 5.75 Å². The van der Waals surface area contributed by atoms with Gasteiger partial charge < -0.3 is 10.2 Å². The molecule has 0 bridgehead atoms. The van der Waals surface area contributed by atoms with Gasteiger partial charge in [0, 0.05) is 16.4 Å². The van der Waals surface area contributed by atoms with E-state index in [1.165, 1.54) is 24.8 Å². The fourth-order valence-electron chi connectivity index (χ4n) is 2.67. The predicted molar refractivity (Wildman–Crippen MR) is 94.4 cm³/mol. The van der Waals surface area contributed by atoms with Crippen LogP contribution in [0.3, 0.4) is 0 Å². The third kappa shape index (κ3) is 4.50. The number of phenols is 1. The topological polar surface area (TPSA) is 52.8 Å². The van der Waals surface area contributed by atoms with Crippen LogP contribution in [-0.4, -0.2) is 34.3 Å². The predicted octanol–water partition coefficient (Wildman–Crippen LogP) is 4.18. The summed E-state index contributed by atoms with van der Waals surface area (Å²) in [5, 5.41) is 20.1. The number of hydrogen-bond acceptors (Lipinski definition) is 4.